The van der Waals surface area contributed by atoms with Gasteiger partial charge in [-0.05, 0) is 65.1 Å². The molecule has 0 saturated heterocycles. The molecule has 4 aromatic rings. The zero-order valence-corrected chi connectivity index (χ0v) is 21.0. The van der Waals surface area contributed by atoms with Gasteiger partial charge in [-0.2, -0.15) is 5.10 Å². The summed E-state index contributed by atoms with van der Waals surface area (Å²) < 4.78 is 13.5. The molecule has 1 aromatic heterocycles. The van der Waals surface area contributed by atoms with Crippen molar-refractivity contribution in [3.8, 4) is 11.3 Å². The van der Waals surface area contributed by atoms with Crippen LogP contribution in [0, 0.1) is 5.82 Å². The summed E-state index contributed by atoms with van der Waals surface area (Å²) in [7, 11) is 0. The quantitative estimate of drug-likeness (QED) is 0.209. The Labute approximate surface area is 212 Å². The number of rotatable bonds is 6. The molecule has 2 N–H and O–H groups in total. The molecule has 35 heavy (non-hydrogen) atoms. The summed E-state index contributed by atoms with van der Waals surface area (Å²) in [5, 5.41) is 8.74. The molecule has 0 aliphatic carbocycles. The normalized spacial score (nSPS) is 11.6. The van der Waals surface area contributed by atoms with E-state index in [4.69, 9.17) is 11.6 Å². The molecule has 0 aliphatic rings. The average Bonchev–Trinajstić information content (AvgIpc) is 3.22. The first kappa shape index (κ1) is 24.6. The predicted molar refractivity (Wildman–Crippen MR) is 143 cm³/mol. The molecule has 3 aromatic carbocycles. The molecule has 0 unspecified atom stereocenters. The van der Waals surface area contributed by atoms with Crippen molar-refractivity contribution in [1.82, 2.24) is 4.98 Å². The van der Waals surface area contributed by atoms with E-state index >= 15 is 0 Å². The number of hydrogen-bond donors (Lipinski definition) is 2. The Morgan fingerprint density at radius 3 is 2.29 bits per heavy atom. The number of anilines is 2. The molecule has 4 rings (SSSR count). The van der Waals surface area contributed by atoms with E-state index in [1.54, 1.807) is 42.6 Å². The number of halogens is 2. The van der Waals surface area contributed by atoms with Gasteiger partial charge in [0.05, 0.1) is 6.21 Å². The molecule has 0 bridgehead atoms. The van der Waals surface area contributed by atoms with E-state index in [-0.39, 0.29) is 17.1 Å². The fourth-order valence-corrected chi connectivity index (χ4v) is 4.22. The van der Waals surface area contributed by atoms with Gasteiger partial charge in [-0.3, -0.25) is 10.2 Å². The lowest BCUT2D eigenvalue weighted by Gasteiger charge is -2.18. The van der Waals surface area contributed by atoms with Crippen LogP contribution in [0.5, 0.6) is 0 Å². The molecule has 1 heterocycles. The minimum absolute atomic E-state index is 0.0818. The summed E-state index contributed by atoms with van der Waals surface area (Å²) in [5.41, 5.74) is 6.85. The average molecular weight is 507 g/mol. The molecule has 5 nitrogen and oxygen atoms in total. The smallest absolute Gasteiger partial charge is 0.256 e. The van der Waals surface area contributed by atoms with Crippen LogP contribution in [-0.2, 0) is 5.41 Å². The van der Waals surface area contributed by atoms with Crippen molar-refractivity contribution in [1.29, 1.82) is 0 Å². The Balaban J connectivity index is 1.55. The maximum atomic E-state index is 13.5. The van der Waals surface area contributed by atoms with E-state index in [9.17, 15) is 9.18 Å². The van der Waals surface area contributed by atoms with Crippen LogP contribution in [0.3, 0.4) is 0 Å². The summed E-state index contributed by atoms with van der Waals surface area (Å²) in [6.45, 7) is 6.51. The highest BCUT2D eigenvalue weighted by molar-refractivity contribution is 7.20. The first-order valence-electron chi connectivity index (χ1n) is 10.9. The van der Waals surface area contributed by atoms with Crippen molar-refractivity contribution in [2.75, 3.05) is 10.7 Å². The van der Waals surface area contributed by atoms with Crippen LogP contribution in [0.2, 0.25) is 5.02 Å². The summed E-state index contributed by atoms with van der Waals surface area (Å²) in [4.78, 5) is 17.4. The third kappa shape index (κ3) is 6.32. The second-order valence-electron chi connectivity index (χ2n) is 8.91. The molecule has 178 valence electrons. The molecule has 0 aliphatic heterocycles. The van der Waals surface area contributed by atoms with Crippen LogP contribution in [0.1, 0.15) is 42.3 Å². The fourth-order valence-electron chi connectivity index (χ4n) is 3.26. The number of hydrogen-bond acceptors (Lipinski definition) is 5. The topological polar surface area (TPSA) is 66.4 Å². The van der Waals surface area contributed by atoms with Crippen molar-refractivity contribution in [2.45, 2.75) is 26.2 Å². The van der Waals surface area contributed by atoms with Gasteiger partial charge >= 0.3 is 0 Å². The number of amides is 1. The Kier molecular flexibility index (Phi) is 7.28. The number of nitrogens with zero attached hydrogens (tertiary/aromatic N) is 2. The first-order valence-corrected chi connectivity index (χ1v) is 12.1. The number of aromatic nitrogens is 1. The Morgan fingerprint density at radius 1 is 1.00 bits per heavy atom. The Bertz CT molecular complexity index is 1340. The molecule has 0 radical (unpaired) electrons. The van der Waals surface area contributed by atoms with Gasteiger partial charge in [-0.1, -0.05) is 68.0 Å². The van der Waals surface area contributed by atoms with E-state index in [2.05, 4.69) is 53.7 Å². The number of nitrogens with one attached hydrogen (secondary N) is 2. The lowest BCUT2D eigenvalue weighted by atomic mass is 9.87. The maximum Gasteiger partial charge on any atom is 0.256 e. The van der Waals surface area contributed by atoms with Gasteiger partial charge in [0.1, 0.15) is 16.5 Å². The second kappa shape index (κ2) is 10.4. The van der Waals surface area contributed by atoms with E-state index in [0.29, 0.717) is 32.0 Å². The zero-order valence-electron chi connectivity index (χ0n) is 19.5. The van der Waals surface area contributed by atoms with E-state index < -0.39 is 0 Å². The third-order valence-corrected chi connectivity index (χ3v) is 6.36. The van der Waals surface area contributed by atoms with Crippen LogP contribution < -0.4 is 10.7 Å². The number of benzene rings is 3. The van der Waals surface area contributed by atoms with Crippen LogP contribution in [-0.4, -0.2) is 17.1 Å². The molecule has 8 heteroatoms. The largest absolute Gasteiger partial charge is 0.312 e. The van der Waals surface area contributed by atoms with Gasteiger partial charge in [-0.15, -0.1) is 0 Å². The van der Waals surface area contributed by atoms with Crippen LogP contribution in [0.25, 0.3) is 11.3 Å². The van der Waals surface area contributed by atoms with Crippen molar-refractivity contribution in [3.05, 3.63) is 100 Å². The summed E-state index contributed by atoms with van der Waals surface area (Å²) in [6.07, 6.45) is 1.71. The van der Waals surface area contributed by atoms with Crippen LogP contribution in [0.15, 0.2) is 77.9 Å². The van der Waals surface area contributed by atoms with Gasteiger partial charge in [0.2, 0.25) is 5.13 Å². The SMILES string of the molecule is CC(C)(C)c1ccc(/C=N\Nc2nc(-c3ccc(F)cc3)c(NC(=O)c3ccc(Cl)cc3)s2)cc1. The number of carbonyl (C=O) groups is 1. The molecule has 0 spiro atoms. The highest BCUT2D eigenvalue weighted by Crippen LogP contribution is 2.36. The lowest BCUT2D eigenvalue weighted by molar-refractivity contribution is 0.102. The monoisotopic (exact) mass is 506 g/mol. The molecule has 1 amide bonds. The minimum Gasteiger partial charge on any atom is -0.312 e. The van der Waals surface area contributed by atoms with Crippen LogP contribution in [0.4, 0.5) is 14.5 Å². The minimum atomic E-state index is -0.351. The maximum absolute atomic E-state index is 13.5. The number of carbonyl (C=O) groups excluding carboxylic acids is 1. The van der Waals surface area contributed by atoms with Gasteiger partial charge in [0.25, 0.3) is 5.91 Å². The van der Waals surface area contributed by atoms with Gasteiger partial charge in [0, 0.05) is 16.1 Å². The van der Waals surface area contributed by atoms with Gasteiger partial charge < -0.3 is 5.32 Å². The fraction of sp³-hybridized carbons (Fsp3) is 0.148. The highest BCUT2D eigenvalue weighted by atomic mass is 35.5. The first-order chi connectivity index (χ1) is 16.7. The summed E-state index contributed by atoms with van der Waals surface area (Å²) >= 11 is 7.16. The van der Waals surface area contributed by atoms with Crippen molar-refractivity contribution in [3.63, 3.8) is 0 Å². The highest BCUT2D eigenvalue weighted by Gasteiger charge is 2.17. The zero-order chi connectivity index (χ0) is 25.0. The summed E-state index contributed by atoms with van der Waals surface area (Å²) in [6, 6.07) is 20.7. The van der Waals surface area contributed by atoms with Crippen molar-refractivity contribution in [2.24, 2.45) is 5.10 Å². The Hall–Kier alpha value is -3.55. The number of hydrazone groups is 1. The second-order valence-corrected chi connectivity index (χ2v) is 10.3. The van der Waals surface area contributed by atoms with Crippen LogP contribution >= 0.6 is 22.9 Å². The predicted octanol–water partition coefficient (Wildman–Crippen LogP) is 7.60. The van der Waals surface area contributed by atoms with Gasteiger partial charge in [-0.25, -0.2) is 9.37 Å². The lowest BCUT2D eigenvalue weighted by Crippen LogP contribution is -2.11. The Morgan fingerprint density at radius 2 is 1.66 bits per heavy atom. The molecule has 0 fully saturated rings. The summed E-state index contributed by atoms with van der Waals surface area (Å²) in [5.74, 6) is -0.654. The standard InChI is InChI=1S/C27H24ClFN4OS/c1-27(2,3)20-10-4-17(5-11-20)16-30-33-26-31-23(18-8-14-22(29)15-9-18)25(35-26)32-24(34)19-6-12-21(28)13-7-19/h4-16H,1-3H3,(H,31,33)(H,32,34)/b30-16-. The van der Waals surface area contributed by atoms with Crippen molar-refractivity contribution < 1.29 is 9.18 Å². The molecular weight excluding hydrogens is 483 g/mol. The van der Waals surface area contributed by atoms with Gasteiger partial charge in [0.15, 0.2) is 0 Å². The third-order valence-electron chi connectivity index (χ3n) is 5.23. The number of thiazole rings is 1. The van der Waals surface area contributed by atoms with E-state index in [1.807, 2.05) is 12.1 Å². The van der Waals surface area contributed by atoms with E-state index in [0.717, 1.165) is 5.56 Å². The molecule has 0 saturated carbocycles. The van der Waals surface area contributed by atoms with E-state index in [1.165, 1.54) is 29.0 Å². The molecule has 0 atom stereocenters. The van der Waals surface area contributed by atoms with Crippen molar-refractivity contribution >= 4 is 45.2 Å². The molecular formula is C27H24ClFN4OS.